The lowest BCUT2D eigenvalue weighted by molar-refractivity contribution is -0.385. The number of hydrogen-bond acceptors (Lipinski definition) is 4. The first-order valence-corrected chi connectivity index (χ1v) is 8.01. The number of nitro benzene ring substituents is 1. The van der Waals surface area contributed by atoms with E-state index in [1.54, 1.807) is 24.0 Å². The molecule has 1 amide bonds. The summed E-state index contributed by atoms with van der Waals surface area (Å²) in [6, 6.07) is 11.5. The van der Waals surface area contributed by atoms with Gasteiger partial charge in [0.25, 0.3) is 11.6 Å². The summed E-state index contributed by atoms with van der Waals surface area (Å²) in [5, 5.41) is 10.9. The number of carbonyl (C=O) groups excluding carboxylic acids is 1. The second-order valence-corrected chi connectivity index (χ2v) is 5.99. The molecule has 0 N–H and O–H groups in total. The maximum atomic E-state index is 14.3. The SMILES string of the molecule is Cc1cc(N2CCN(C(=O)c3ccccc3)CC2)c(F)cc1[N+](=O)[O-]. The zero-order valence-corrected chi connectivity index (χ0v) is 13.8. The first kappa shape index (κ1) is 16.9. The van der Waals surface area contributed by atoms with Crippen molar-refractivity contribution in [3.8, 4) is 0 Å². The summed E-state index contributed by atoms with van der Waals surface area (Å²) >= 11 is 0. The van der Waals surface area contributed by atoms with Crippen molar-refractivity contribution in [3.63, 3.8) is 0 Å². The first-order valence-electron chi connectivity index (χ1n) is 8.01. The van der Waals surface area contributed by atoms with Gasteiger partial charge in [-0.15, -0.1) is 0 Å². The van der Waals surface area contributed by atoms with Crippen molar-refractivity contribution in [2.75, 3.05) is 31.1 Å². The number of rotatable bonds is 3. The van der Waals surface area contributed by atoms with Crippen LogP contribution in [-0.2, 0) is 0 Å². The van der Waals surface area contributed by atoms with Crippen molar-refractivity contribution < 1.29 is 14.1 Å². The zero-order chi connectivity index (χ0) is 18.0. The molecule has 1 aliphatic rings. The van der Waals surface area contributed by atoms with Crippen LogP contribution >= 0.6 is 0 Å². The molecule has 130 valence electrons. The maximum absolute atomic E-state index is 14.3. The molecule has 6 nitrogen and oxygen atoms in total. The Hall–Kier alpha value is -2.96. The molecule has 0 radical (unpaired) electrons. The number of halogens is 1. The highest BCUT2D eigenvalue weighted by molar-refractivity contribution is 5.94. The number of aryl methyl sites for hydroxylation is 1. The summed E-state index contributed by atoms with van der Waals surface area (Å²) in [6.07, 6.45) is 0. The summed E-state index contributed by atoms with van der Waals surface area (Å²) in [5.74, 6) is -0.652. The zero-order valence-electron chi connectivity index (χ0n) is 13.8. The number of amides is 1. The van der Waals surface area contributed by atoms with Gasteiger partial charge in [0.15, 0.2) is 5.82 Å². The second kappa shape index (κ2) is 6.88. The number of hydrogen-bond donors (Lipinski definition) is 0. The van der Waals surface area contributed by atoms with Gasteiger partial charge >= 0.3 is 0 Å². The van der Waals surface area contributed by atoms with Gasteiger partial charge in [0, 0.05) is 37.3 Å². The van der Waals surface area contributed by atoms with Crippen molar-refractivity contribution in [2.24, 2.45) is 0 Å². The van der Waals surface area contributed by atoms with Gasteiger partial charge in [0.2, 0.25) is 0 Å². The van der Waals surface area contributed by atoms with Gasteiger partial charge in [-0.2, -0.15) is 0 Å². The molecule has 0 aromatic heterocycles. The van der Waals surface area contributed by atoms with Gasteiger partial charge in [-0.25, -0.2) is 4.39 Å². The fraction of sp³-hybridized carbons (Fsp3) is 0.278. The molecular formula is C18H18FN3O3. The highest BCUT2D eigenvalue weighted by Gasteiger charge is 2.25. The highest BCUT2D eigenvalue weighted by atomic mass is 19.1. The van der Waals surface area contributed by atoms with E-state index in [1.165, 1.54) is 6.07 Å². The van der Waals surface area contributed by atoms with Crippen LogP contribution in [0.2, 0.25) is 0 Å². The first-order chi connectivity index (χ1) is 12.0. The Balaban J connectivity index is 1.71. The Kier molecular flexibility index (Phi) is 4.65. The maximum Gasteiger partial charge on any atom is 0.275 e. The molecule has 1 saturated heterocycles. The van der Waals surface area contributed by atoms with Crippen LogP contribution in [0.3, 0.4) is 0 Å². The minimum atomic E-state index is -0.611. The highest BCUT2D eigenvalue weighted by Crippen LogP contribution is 2.28. The molecule has 1 aliphatic heterocycles. The molecule has 1 heterocycles. The van der Waals surface area contributed by atoms with Crippen molar-refractivity contribution in [2.45, 2.75) is 6.92 Å². The Morgan fingerprint density at radius 1 is 1.12 bits per heavy atom. The van der Waals surface area contributed by atoms with E-state index in [1.807, 2.05) is 23.1 Å². The van der Waals surface area contributed by atoms with Crippen LogP contribution in [0.15, 0.2) is 42.5 Å². The Morgan fingerprint density at radius 2 is 1.76 bits per heavy atom. The lowest BCUT2D eigenvalue weighted by Gasteiger charge is -2.36. The topological polar surface area (TPSA) is 66.7 Å². The summed E-state index contributed by atoms with van der Waals surface area (Å²) in [6.45, 7) is 3.50. The molecule has 0 unspecified atom stereocenters. The molecule has 25 heavy (non-hydrogen) atoms. The third-order valence-electron chi connectivity index (χ3n) is 4.39. The van der Waals surface area contributed by atoms with Crippen LogP contribution in [0.4, 0.5) is 15.8 Å². The van der Waals surface area contributed by atoms with Crippen LogP contribution in [0.5, 0.6) is 0 Å². The van der Waals surface area contributed by atoms with Crippen molar-refractivity contribution in [3.05, 3.63) is 69.5 Å². The van der Waals surface area contributed by atoms with E-state index in [2.05, 4.69) is 0 Å². The Labute approximate surface area is 144 Å². The summed E-state index contributed by atoms with van der Waals surface area (Å²) in [7, 11) is 0. The van der Waals surface area contributed by atoms with Gasteiger partial charge in [0.05, 0.1) is 16.7 Å². The van der Waals surface area contributed by atoms with Crippen LogP contribution in [0.1, 0.15) is 15.9 Å². The summed E-state index contributed by atoms with van der Waals surface area (Å²) in [5.41, 5.74) is 1.17. The van der Waals surface area contributed by atoms with E-state index in [4.69, 9.17) is 0 Å². The standard InChI is InChI=1S/C18H18FN3O3/c1-13-11-17(15(19)12-16(13)22(24)25)20-7-9-21(10-8-20)18(23)14-5-3-2-4-6-14/h2-6,11-12H,7-10H2,1H3. The Bertz CT molecular complexity index is 803. The average molecular weight is 343 g/mol. The minimum Gasteiger partial charge on any atom is -0.366 e. The smallest absolute Gasteiger partial charge is 0.275 e. The molecule has 7 heteroatoms. The van der Waals surface area contributed by atoms with E-state index in [-0.39, 0.29) is 11.6 Å². The molecule has 2 aromatic carbocycles. The number of benzene rings is 2. The summed E-state index contributed by atoms with van der Waals surface area (Å²) < 4.78 is 14.3. The molecule has 1 fully saturated rings. The third-order valence-corrected chi connectivity index (χ3v) is 4.39. The van der Waals surface area contributed by atoms with Crippen LogP contribution in [0.25, 0.3) is 0 Å². The predicted molar refractivity (Wildman–Crippen MR) is 92.3 cm³/mol. The van der Waals surface area contributed by atoms with Gasteiger partial charge in [-0.1, -0.05) is 18.2 Å². The quantitative estimate of drug-likeness (QED) is 0.635. The molecule has 0 bridgehead atoms. The minimum absolute atomic E-state index is 0.0411. The lowest BCUT2D eigenvalue weighted by atomic mass is 10.1. The van der Waals surface area contributed by atoms with Gasteiger partial charge in [-0.3, -0.25) is 14.9 Å². The molecular weight excluding hydrogens is 325 g/mol. The van der Waals surface area contributed by atoms with Gasteiger partial charge < -0.3 is 9.80 Å². The van der Waals surface area contributed by atoms with E-state index >= 15 is 0 Å². The normalized spacial score (nSPS) is 14.5. The van der Waals surface area contributed by atoms with Crippen LogP contribution in [-0.4, -0.2) is 41.9 Å². The largest absolute Gasteiger partial charge is 0.366 e. The van der Waals surface area contributed by atoms with Crippen molar-refractivity contribution >= 4 is 17.3 Å². The van der Waals surface area contributed by atoms with Gasteiger partial charge in [0.1, 0.15) is 0 Å². The number of nitrogens with zero attached hydrogens (tertiary/aromatic N) is 3. The lowest BCUT2D eigenvalue weighted by Crippen LogP contribution is -2.49. The third kappa shape index (κ3) is 3.45. The number of nitro groups is 1. The number of anilines is 1. The predicted octanol–water partition coefficient (Wildman–Crippen LogP) is 3.00. The Morgan fingerprint density at radius 3 is 2.36 bits per heavy atom. The summed E-state index contributed by atoms with van der Waals surface area (Å²) in [4.78, 5) is 26.3. The van der Waals surface area contributed by atoms with Crippen molar-refractivity contribution in [1.82, 2.24) is 4.90 Å². The monoisotopic (exact) mass is 343 g/mol. The van der Waals surface area contributed by atoms with Crippen LogP contribution < -0.4 is 4.90 Å². The molecule has 0 saturated carbocycles. The molecule has 3 rings (SSSR count). The van der Waals surface area contributed by atoms with E-state index < -0.39 is 10.7 Å². The average Bonchev–Trinajstić information content (AvgIpc) is 2.63. The van der Waals surface area contributed by atoms with E-state index in [0.29, 0.717) is 43.0 Å². The van der Waals surface area contributed by atoms with E-state index in [0.717, 1.165) is 6.07 Å². The fourth-order valence-electron chi connectivity index (χ4n) is 3.01. The van der Waals surface area contributed by atoms with E-state index in [9.17, 15) is 19.3 Å². The number of carbonyl (C=O) groups is 1. The van der Waals surface area contributed by atoms with Crippen molar-refractivity contribution in [1.29, 1.82) is 0 Å². The molecule has 0 atom stereocenters. The van der Waals surface area contributed by atoms with Crippen LogP contribution in [0, 0.1) is 22.9 Å². The molecule has 2 aromatic rings. The molecule has 0 aliphatic carbocycles. The number of piperazine rings is 1. The fourth-order valence-corrected chi connectivity index (χ4v) is 3.01. The second-order valence-electron chi connectivity index (χ2n) is 5.99. The van der Waals surface area contributed by atoms with Gasteiger partial charge in [-0.05, 0) is 25.1 Å². The molecule has 0 spiro atoms.